The largest absolute Gasteiger partial charge is 0.282 e. The fraction of sp³-hybridized carbons (Fsp3) is 0. The van der Waals surface area contributed by atoms with Crippen molar-refractivity contribution in [2.24, 2.45) is 5.10 Å². The summed E-state index contributed by atoms with van der Waals surface area (Å²) in [5, 5.41) is 9.63. The second-order valence-electron chi connectivity index (χ2n) is 6.93. The fourth-order valence-corrected chi connectivity index (χ4v) is 3.43. The first-order valence-corrected chi connectivity index (χ1v) is 9.54. The molecule has 2 amide bonds. The average molecular weight is 410 g/mol. The van der Waals surface area contributed by atoms with Gasteiger partial charge in [-0.25, -0.2) is 9.07 Å². The highest BCUT2D eigenvalue weighted by molar-refractivity contribution is 6.21. The third-order valence-corrected chi connectivity index (χ3v) is 4.97. The normalized spacial score (nSPS) is 13.3. The maximum absolute atomic E-state index is 13.4. The lowest BCUT2D eigenvalue weighted by Crippen LogP contribution is -2.24. The van der Waals surface area contributed by atoms with Gasteiger partial charge >= 0.3 is 0 Å². The zero-order chi connectivity index (χ0) is 21.4. The van der Waals surface area contributed by atoms with Crippen LogP contribution in [0.5, 0.6) is 0 Å². The van der Waals surface area contributed by atoms with E-state index in [0.717, 1.165) is 10.7 Å². The van der Waals surface area contributed by atoms with E-state index in [0.29, 0.717) is 27.9 Å². The highest BCUT2D eigenvalue weighted by atomic mass is 19.1. The number of rotatable bonds is 4. The summed E-state index contributed by atoms with van der Waals surface area (Å²) in [6.07, 6.45) is 3.17. The molecule has 5 rings (SSSR count). The van der Waals surface area contributed by atoms with Gasteiger partial charge in [0.25, 0.3) is 11.8 Å². The molecule has 2 heterocycles. The summed E-state index contributed by atoms with van der Waals surface area (Å²) in [4.78, 5) is 25.2. The van der Waals surface area contributed by atoms with Crippen molar-refractivity contribution < 1.29 is 14.0 Å². The average Bonchev–Trinajstić information content (AvgIpc) is 3.33. The van der Waals surface area contributed by atoms with Gasteiger partial charge in [0.15, 0.2) is 0 Å². The van der Waals surface area contributed by atoms with Crippen LogP contribution in [0.2, 0.25) is 0 Å². The molecule has 6 nitrogen and oxygen atoms in total. The van der Waals surface area contributed by atoms with Crippen LogP contribution >= 0.6 is 0 Å². The molecular weight excluding hydrogens is 395 g/mol. The van der Waals surface area contributed by atoms with Gasteiger partial charge < -0.3 is 0 Å². The molecule has 0 saturated carbocycles. The molecule has 3 aromatic carbocycles. The second kappa shape index (κ2) is 7.46. The molecule has 150 valence electrons. The second-order valence-corrected chi connectivity index (χ2v) is 6.93. The van der Waals surface area contributed by atoms with Crippen molar-refractivity contribution in [1.29, 1.82) is 0 Å². The Morgan fingerprint density at radius 2 is 1.42 bits per heavy atom. The molecule has 4 aromatic rings. The van der Waals surface area contributed by atoms with E-state index in [4.69, 9.17) is 0 Å². The lowest BCUT2D eigenvalue weighted by molar-refractivity contribution is 0.0660. The van der Waals surface area contributed by atoms with E-state index >= 15 is 0 Å². The first kappa shape index (κ1) is 18.6. The molecule has 0 fully saturated rings. The Balaban J connectivity index is 1.55. The van der Waals surface area contributed by atoms with Crippen molar-refractivity contribution in [3.05, 3.63) is 108 Å². The number of aromatic nitrogens is 2. The van der Waals surface area contributed by atoms with Gasteiger partial charge in [0.05, 0.1) is 23.0 Å². The number of halogens is 1. The highest BCUT2D eigenvalue weighted by Gasteiger charge is 2.35. The number of nitrogens with zero attached hydrogens (tertiary/aromatic N) is 4. The van der Waals surface area contributed by atoms with Gasteiger partial charge in [-0.3, -0.25) is 9.59 Å². The number of hydrogen-bond donors (Lipinski definition) is 0. The Morgan fingerprint density at radius 3 is 2.06 bits per heavy atom. The predicted octanol–water partition coefficient (Wildman–Crippen LogP) is 4.31. The number of carbonyl (C=O) groups excluding carboxylic acids is 2. The number of imide groups is 1. The molecule has 0 unspecified atom stereocenters. The van der Waals surface area contributed by atoms with Crippen LogP contribution in [-0.4, -0.2) is 32.8 Å². The van der Waals surface area contributed by atoms with E-state index in [1.165, 1.54) is 18.3 Å². The van der Waals surface area contributed by atoms with Crippen molar-refractivity contribution in [1.82, 2.24) is 14.8 Å². The van der Waals surface area contributed by atoms with Gasteiger partial charge in [0, 0.05) is 17.3 Å². The summed E-state index contributed by atoms with van der Waals surface area (Å²) in [6, 6.07) is 22.0. The molecule has 0 bridgehead atoms. The minimum absolute atomic E-state index is 0.323. The third kappa shape index (κ3) is 3.32. The lowest BCUT2D eigenvalue weighted by atomic mass is 10.1. The van der Waals surface area contributed by atoms with Crippen LogP contribution in [0.15, 0.2) is 90.2 Å². The topological polar surface area (TPSA) is 67.6 Å². The van der Waals surface area contributed by atoms with Gasteiger partial charge in [-0.2, -0.15) is 15.2 Å². The molecule has 1 aliphatic rings. The summed E-state index contributed by atoms with van der Waals surface area (Å²) in [7, 11) is 0. The molecule has 31 heavy (non-hydrogen) atoms. The molecule has 1 aliphatic heterocycles. The quantitative estimate of drug-likeness (QED) is 0.372. The van der Waals surface area contributed by atoms with E-state index in [1.54, 1.807) is 47.3 Å². The number of benzene rings is 3. The van der Waals surface area contributed by atoms with Crippen LogP contribution in [0.3, 0.4) is 0 Å². The fourth-order valence-electron chi connectivity index (χ4n) is 3.43. The lowest BCUT2D eigenvalue weighted by Gasteiger charge is -2.05. The minimum Gasteiger partial charge on any atom is -0.267 e. The number of para-hydroxylation sites is 1. The van der Waals surface area contributed by atoms with Crippen LogP contribution in [0, 0.1) is 5.82 Å². The smallest absolute Gasteiger partial charge is 0.267 e. The Bertz CT molecular complexity index is 1290. The van der Waals surface area contributed by atoms with Crippen LogP contribution in [0.25, 0.3) is 16.9 Å². The van der Waals surface area contributed by atoms with Gasteiger partial charge in [0.2, 0.25) is 0 Å². The number of fused-ring (bicyclic) bond motifs is 1. The molecule has 0 atom stereocenters. The number of carbonyl (C=O) groups is 2. The Morgan fingerprint density at radius 1 is 0.806 bits per heavy atom. The third-order valence-electron chi connectivity index (χ3n) is 4.97. The van der Waals surface area contributed by atoms with E-state index in [1.807, 2.05) is 30.3 Å². The molecule has 0 radical (unpaired) electrons. The summed E-state index contributed by atoms with van der Waals surface area (Å²) in [6.45, 7) is 0. The first-order chi connectivity index (χ1) is 15.1. The Kier molecular flexibility index (Phi) is 4.48. The number of hydrazone groups is 1. The SMILES string of the molecule is O=C1c2ccccc2C(=O)N1/N=C\c1cn(-c2ccccc2)nc1-c1ccc(F)cc1. The maximum Gasteiger partial charge on any atom is 0.282 e. The van der Waals surface area contributed by atoms with E-state index in [2.05, 4.69) is 10.2 Å². The molecule has 7 heteroatoms. The van der Waals surface area contributed by atoms with Crippen molar-refractivity contribution in [3.63, 3.8) is 0 Å². The Hall–Kier alpha value is -4.39. The van der Waals surface area contributed by atoms with Gasteiger partial charge in [-0.15, -0.1) is 0 Å². The van der Waals surface area contributed by atoms with Gasteiger partial charge in [-0.1, -0.05) is 30.3 Å². The molecule has 1 aromatic heterocycles. The zero-order valence-electron chi connectivity index (χ0n) is 16.1. The minimum atomic E-state index is -0.476. The zero-order valence-corrected chi connectivity index (χ0v) is 16.1. The van der Waals surface area contributed by atoms with Gasteiger partial charge in [0.1, 0.15) is 11.5 Å². The van der Waals surface area contributed by atoms with E-state index in [-0.39, 0.29) is 5.82 Å². The van der Waals surface area contributed by atoms with Crippen LogP contribution in [0.1, 0.15) is 26.3 Å². The van der Waals surface area contributed by atoms with E-state index < -0.39 is 11.8 Å². The maximum atomic E-state index is 13.4. The van der Waals surface area contributed by atoms with Crippen LogP contribution in [0.4, 0.5) is 4.39 Å². The standard InChI is InChI=1S/C24H15FN4O2/c25-18-12-10-16(11-13-18)22-17(15-28(27-22)19-6-2-1-3-7-19)14-26-29-23(30)20-8-4-5-9-21(20)24(29)31/h1-15H/b26-14-. The molecule has 0 saturated heterocycles. The van der Waals surface area contributed by atoms with Crippen molar-refractivity contribution in [2.75, 3.05) is 0 Å². The van der Waals surface area contributed by atoms with Crippen molar-refractivity contribution in [3.8, 4) is 16.9 Å². The summed E-state index contributed by atoms with van der Waals surface area (Å²) < 4.78 is 15.1. The molecule has 0 aliphatic carbocycles. The summed E-state index contributed by atoms with van der Waals surface area (Å²) >= 11 is 0. The predicted molar refractivity (Wildman–Crippen MR) is 113 cm³/mol. The molecule has 0 N–H and O–H groups in total. The van der Waals surface area contributed by atoms with Crippen LogP contribution < -0.4 is 0 Å². The summed E-state index contributed by atoms with van der Waals surface area (Å²) in [5.41, 5.74) is 3.27. The monoisotopic (exact) mass is 410 g/mol. The van der Waals surface area contributed by atoms with Crippen molar-refractivity contribution >= 4 is 18.0 Å². The Labute approximate surface area is 176 Å². The molecule has 0 spiro atoms. The van der Waals surface area contributed by atoms with E-state index in [9.17, 15) is 14.0 Å². The van der Waals surface area contributed by atoms with Crippen LogP contribution in [-0.2, 0) is 0 Å². The molecular formula is C24H15FN4O2. The van der Waals surface area contributed by atoms with Gasteiger partial charge in [-0.05, 0) is 48.5 Å². The summed E-state index contributed by atoms with van der Waals surface area (Å²) in [5.74, 6) is -1.31. The number of hydrogen-bond acceptors (Lipinski definition) is 4. The first-order valence-electron chi connectivity index (χ1n) is 9.54. The highest BCUT2D eigenvalue weighted by Crippen LogP contribution is 2.25. The van der Waals surface area contributed by atoms with Crippen molar-refractivity contribution in [2.45, 2.75) is 0 Å². The number of amides is 2.